The highest BCUT2D eigenvalue weighted by molar-refractivity contribution is 6.07. The molecule has 0 unspecified atom stereocenters. The molecule has 0 spiro atoms. The first-order valence-corrected chi connectivity index (χ1v) is 8.70. The van der Waals surface area contributed by atoms with Crippen LogP contribution < -0.4 is 0 Å². The number of para-hydroxylation sites is 1. The number of piperazine rings is 1. The van der Waals surface area contributed by atoms with Gasteiger partial charge in [-0.1, -0.05) is 24.3 Å². The van der Waals surface area contributed by atoms with Crippen LogP contribution in [0.1, 0.15) is 15.9 Å². The zero-order chi connectivity index (χ0) is 19.2. The molecule has 0 atom stereocenters. The van der Waals surface area contributed by atoms with E-state index in [1.807, 2.05) is 4.90 Å². The lowest BCUT2D eigenvalue weighted by Crippen LogP contribution is -2.43. The number of nitro benzene ring substituents is 1. The summed E-state index contributed by atoms with van der Waals surface area (Å²) in [5.41, 5.74) is 0.969. The van der Waals surface area contributed by atoms with Gasteiger partial charge in [0.15, 0.2) is 5.78 Å². The highest BCUT2D eigenvalue weighted by Crippen LogP contribution is 2.18. The van der Waals surface area contributed by atoms with Gasteiger partial charge in [0.25, 0.3) is 5.69 Å². The van der Waals surface area contributed by atoms with E-state index in [1.165, 1.54) is 30.3 Å². The van der Waals surface area contributed by atoms with Crippen LogP contribution in [-0.2, 0) is 6.54 Å². The summed E-state index contributed by atoms with van der Waals surface area (Å²) in [4.78, 5) is 27.1. The summed E-state index contributed by atoms with van der Waals surface area (Å²) in [6.07, 6.45) is 3.09. The van der Waals surface area contributed by atoms with Crippen molar-refractivity contribution in [2.45, 2.75) is 6.54 Å². The Balaban J connectivity index is 1.53. The zero-order valence-corrected chi connectivity index (χ0v) is 14.8. The van der Waals surface area contributed by atoms with Crippen LogP contribution in [-0.4, -0.2) is 46.7 Å². The van der Waals surface area contributed by atoms with Crippen molar-refractivity contribution in [2.75, 3.05) is 26.2 Å². The largest absolute Gasteiger partial charge is 0.375 e. The maximum Gasteiger partial charge on any atom is 0.280 e. The van der Waals surface area contributed by atoms with Gasteiger partial charge in [-0.15, -0.1) is 0 Å². The van der Waals surface area contributed by atoms with E-state index in [9.17, 15) is 19.3 Å². The Labute approximate surface area is 156 Å². The number of nitrogens with zero attached hydrogens (tertiary/aromatic N) is 3. The lowest BCUT2D eigenvalue weighted by atomic mass is 10.1. The van der Waals surface area contributed by atoms with Crippen molar-refractivity contribution in [1.82, 2.24) is 9.80 Å². The molecule has 27 heavy (non-hydrogen) atoms. The Bertz CT molecular complexity index is 844. The summed E-state index contributed by atoms with van der Waals surface area (Å²) in [6, 6.07) is 12.4. The number of benzene rings is 2. The first-order valence-electron chi connectivity index (χ1n) is 8.70. The summed E-state index contributed by atoms with van der Waals surface area (Å²) in [5, 5.41) is 11.0. The molecule has 1 aliphatic heterocycles. The third kappa shape index (κ3) is 4.98. The molecule has 140 valence electrons. The molecule has 0 amide bonds. The van der Waals surface area contributed by atoms with E-state index in [0.29, 0.717) is 0 Å². The topological polar surface area (TPSA) is 66.7 Å². The van der Waals surface area contributed by atoms with Crippen molar-refractivity contribution < 1.29 is 14.1 Å². The van der Waals surface area contributed by atoms with Crippen molar-refractivity contribution in [3.63, 3.8) is 0 Å². The van der Waals surface area contributed by atoms with Gasteiger partial charge < -0.3 is 4.90 Å². The number of carbonyl (C=O) groups is 1. The van der Waals surface area contributed by atoms with E-state index in [-0.39, 0.29) is 22.9 Å². The van der Waals surface area contributed by atoms with E-state index in [4.69, 9.17) is 0 Å². The molecule has 2 aromatic rings. The average Bonchev–Trinajstić information content (AvgIpc) is 2.69. The molecule has 0 bridgehead atoms. The SMILES string of the molecule is O=C(C=CN1CCN(Cc2ccc(F)cc2)CC1)c1ccccc1[N+](=O)[O-]. The first-order chi connectivity index (χ1) is 13.0. The molecule has 1 fully saturated rings. The molecule has 1 heterocycles. The highest BCUT2D eigenvalue weighted by Gasteiger charge is 2.18. The fraction of sp³-hybridized carbons (Fsp3) is 0.250. The summed E-state index contributed by atoms with van der Waals surface area (Å²) in [6.45, 7) is 3.90. The molecule has 1 saturated heterocycles. The second-order valence-electron chi connectivity index (χ2n) is 6.39. The molecular formula is C20H20FN3O3. The normalized spacial score (nSPS) is 15.2. The average molecular weight is 369 g/mol. The summed E-state index contributed by atoms with van der Waals surface area (Å²) >= 11 is 0. The van der Waals surface area contributed by atoms with E-state index in [0.717, 1.165) is 38.3 Å². The molecular weight excluding hydrogens is 349 g/mol. The number of hydrogen-bond donors (Lipinski definition) is 0. The second-order valence-corrected chi connectivity index (χ2v) is 6.39. The smallest absolute Gasteiger partial charge is 0.280 e. The van der Waals surface area contributed by atoms with Crippen LogP contribution in [0.3, 0.4) is 0 Å². The van der Waals surface area contributed by atoms with E-state index >= 15 is 0 Å². The minimum atomic E-state index is -0.546. The van der Waals surface area contributed by atoms with E-state index in [1.54, 1.807) is 30.5 Å². The number of hydrogen-bond acceptors (Lipinski definition) is 5. The van der Waals surface area contributed by atoms with E-state index in [2.05, 4.69) is 4.90 Å². The van der Waals surface area contributed by atoms with Gasteiger partial charge in [-0.25, -0.2) is 4.39 Å². The van der Waals surface area contributed by atoms with Crippen LogP contribution in [0.5, 0.6) is 0 Å². The van der Waals surface area contributed by atoms with Gasteiger partial charge in [-0.3, -0.25) is 19.8 Å². The number of halogens is 1. The second kappa shape index (κ2) is 8.55. The molecule has 2 aromatic carbocycles. The quantitative estimate of drug-likeness (QED) is 0.338. The van der Waals surface area contributed by atoms with Gasteiger partial charge in [0.2, 0.25) is 0 Å². The van der Waals surface area contributed by atoms with Gasteiger partial charge in [0.05, 0.1) is 10.5 Å². The number of nitro groups is 1. The molecule has 0 radical (unpaired) electrons. The molecule has 3 rings (SSSR count). The van der Waals surface area contributed by atoms with Crippen LogP contribution in [0.2, 0.25) is 0 Å². The highest BCUT2D eigenvalue weighted by atomic mass is 19.1. The fourth-order valence-corrected chi connectivity index (χ4v) is 3.02. The Kier molecular flexibility index (Phi) is 5.93. The van der Waals surface area contributed by atoms with Crippen molar-refractivity contribution in [3.8, 4) is 0 Å². The van der Waals surface area contributed by atoms with Gasteiger partial charge in [-0.05, 0) is 23.8 Å². The zero-order valence-electron chi connectivity index (χ0n) is 14.8. The maximum atomic E-state index is 13.0. The number of carbonyl (C=O) groups excluding carboxylic acids is 1. The van der Waals surface area contributed by atoms with Crippen LogP contribution in [0, 0.1) is 15.9 Å². The van der Waals surface area contributed by atoms with Crippen molar-refractivity contribution >= 4 is 11.5 Å². The molecule has 0 aliphatic carbocycles. The predicted molar refractivity (Wildman–Crippen MR) is 99.8 cm³/mol. The fourth-order valence-electron chi connectivity index (χ4n) is 3.02. The number of ketones is 1. The van der Waals surface area contributed by atoms with Crippen molar-refractivity contribution in [3.05, 3.63) is 87.9 Å². The molecule has 7 heteroatoms. The van der Waals surface area contributed by atoms with Gasteiger partial charge >= 0.3 is 0 Å². The summed E-state index contributed by atoms with van der Waals surface area (Å²) in [5.74, 6) is -0.618. The Morgan fingerprint density at radius 1 is 1.07 bits per heavy atom. The third-order valence-corrected chi connectivity index (χ3v) is 4.53. The lowest BCUT2D eigenvalue weighted by Gasteiger charge is -2.34. The first kappa shape index (κ1) is 18.7. The monoisotopic (exact) mass is 369 g/mol. The van der Waals surface area contributed by atoms with Crippen LogP contribution >= 0.6 is 0 Å². The van der Waals surface area contributed by atoms with Crippen LogP contribution in [0.15, 0.2) is 60.8 Å². The minimum absolute atomic E-state index is 0.0914. The molecule has 6 nitrogen and oxygen atoms in total. The minimum Gasteiger partial charge on any atom is -0.375 e. The summed E-state index contributed by atoms with van der Waals surface area (Å²) < 4.78 is 13.0. The number of allylic oxidation sites excluding steroid dienone is 1. The van der Waals surface area contributed by atoms with Crippen molar-refractivity contribution in [1.29, 1.82) is 0 Å². The van der Waals surface area contributed by atoms with Gasteiger partial charge in [-0.2, -0.15) is 0 Å². The Morgan fingerprint density at radius 3 is 2.41 bits per heavy atom. The van der Waals surface area contributed by atoms with Gasteiger partial charge in [0.1, 0.15) is 5.82 Å². The van der Waals surface area contributed by atoms with Crippen LogP contribution in [0.4, 0.5) is 10.1 Å². The molecule has 0 saturated carbocycles. The Morgan fingerprint density at radius 2 is 1.74 bits per heavy atom. The predicted octanol–water partition coefficient (Wildman–Crippen LogP) is 3.25. The maximum absolute atomic E-state index is 13.0. The van der Waals surface area contributed by atoms with E-state index < -0.39 is 4.92 Å². The van der Waals surface area contributed by atoms with Crippen molar-refractivity contribution in [2.24, 2.45) is 0 Å². The standard InChI is InChI=1S/C20H20FN3O3/c21-17-7-5-16(6-8-17)15-23-13-11-22(12-14-23)10-9-20(25)18-3-1-2-4-19(18)24(26)27/h1-10H,11-15H2. The molecule has 0 N–H and O–H groups in total. The van der Waals surface area contributed by atoms with Gasteiger partial charge in [0, 0.05) is 51.1 Å². The summed E-state index contributed by atoms with van der Waals surface area (Å²) in [7, 11) is 0. The third-order valence-electron chi connectivity index (χ3n) is 4.53. The Hall–Kier alpha value is -3.06. The molecule has 1 aliphatic rings. The number of rotatable bonds is 6. The van der Waals surface area contributed by atoms with Crippen LogP contribution in [0.25, 0.3) is 0 Å². The lowest BCUT2D eigenvalue weighted by molar-refractivity contribution is -0.385. The molecule has 0 aromatic heterocycles.